The van der Waals surface area contributed by atoms with Crippen LogP contribution >= 0.6 is 11.8 Å². The number of nitrogens with zero attached hydrogens (tertiary/aromatic N) is 1. The van der Waals surface area contributed by atoms with Crippen LogP contribution in [0, 0.1) is 0 Å². The van der Waals surface area contributed by atoms with Crippen molar-refractivity contribution in [3.05, 3.63) is 29.8 Å². The van der Waals surface area contributed by atoms with E-state index in [2.05, 4.69) is 4.90 Å². The third kappa shape index (κ3) is 3.64. The van der Waals surface area contributed by atoms with Crippen molar-refractivity contribution in [1.29, 1.82) is 0 Å². The summed E-state index contributed by atoms with van der Waals surface area (Å²) in [5.41, 5.74) is -0.581. The molecule has 1 aliphatic heterocycles. The molecule has 17 heavy (non-hydrogen) atoms. The molecule has 5 heteroatoms. The third-order valence-corrected chi connectivity index (χ3v) is 3.89. The van der Waals surface area contributed by atoms with Crippen molar-refractivity contribution < 1.29 is 13.2 Å². The van der Waals surface area contributed by atoms with Crippen LogP contribution in [-0.2, 0) is 6.18 Å². The van der Waals surface area contributed by atoms with E-state index in [1.165, 1.54) is 12.8 Å². The maximum atomic E-state index is 12.3. The number of thioether (sulfide) groups is 1. The van der Waals surface area contributed by atoms with Crippen molar-refractivity contribution in [1.82, 2.24) is 4.90 Å². The molecule has 0 bridgehead atoms. The molecule has 2 rings (SSSR count). The fourth-order valence-electron chi connectivity index (χ4n) is 1.82. The van der Waals surface area contributed by atoms with Crippen molar-refractivity contribution >= 4 is 11.8 Å². The van der Waals surface area contributed by atoms with Gasteiger partial charge in [-0.15, -0.1) is 11.8 Å². The molecule has 1 aliphatic rings. The Balaban J connectivity index is 1.89. The first kappa shape index (κ1) is 12.8. The van der Waals surface area contributed by atoms with Gasteiger partial charge in [0.05, 0.1) is 5.56 Å². The van der Waals surface area contributed by atoms with Crippen molar-refractivity contribution in [2.45, 2.75) is 23.9 Å². The molecular weight excluding hydrogens is 247 g/mol. The Kier molecular flexibility index (Phi) is 3.99. The molecule has 0 saturated carbocycles. The van der Waals surface area contributed by atoms with Crippen LogP contribution in [0.15, 0.2) is 29.2 Å². The molecule has 0 radical (unpaired) electrons. The second-order valence-corrected chi connectivity index (χ2v) is 5.14. The zero-order valence-corrected chi connectivity index (χ0v) is 10.2. The summed E-state index contributed by atoms with van der Waals surface area (Å²) in [6.45, 7) is 2.21. The van der Waals surface area contributed by atoms with Crippen molar-refractivity contribution in [3.8, 4) is 0 Å². The predicted molar refractivity (Wildman–Crippen MR) is 63.0 cm³/mol. The van der Waals surface area contributed by atoms with Gasteiger partial charge < -0.3 is 0 Å². The van der Waals surface area contributed by atoms with Gasteiger partial charge in [-0.2, -0.15) is 13.2 Å². The highest BCUT2D eigenvalue weighted by Gasteiger charge is 2.29. The predicted octanol–water partition coefficient (Wildman–Crippen LogP) is 3.85. The number of benzene rings is 1. The fourth-order valence-corrected chi connectivity index (χ4v) is 2.74. The van der Waals surface area contributed by atoms with E-state index in [1.54, 1.807) is 23.9 Å². The number of rotatable bonds is 3. The molecule has 1 heterocycles. The Morgan fingerprint density at radius 1 is 1.06 bits per heavy atom. The lowest BCUT2D eigenvalue weighted by molar-refractivity contribution is -0.137. The Morgan fingerprint density at radius 3 is 2.18 bits per heavy atom. The van der Waals surface area contributed by atoms with Gasteiger partial charge in [-0.25, -0.2) is 0 Å². The van der Waals surface area contributed by atoms with Crippen LogP contribution in [0.4, 0.5) is 13.2 Å². The standard InChI is InChI=1S/C12H14F3NS/c13-12(14,15)10-3-5-11(6-4-10)17-9-16-7-1-2-8-16/h3-6H,1-2,7-9H2. The Hall–Kier alpha value is -0.680. The average Bonchev–Trinajstić information content (AvgIpc) is 2.78. The number of hydrogen-bond acceptors (Lipinski definition) is 2. The highest BCUT2D eigenvalue weighted by atomic mass is 32.2. The van der Waals surface area contributed by atoms with Crippen LogP contribution in [0.2, 0.25) is 0 Å². The number of likely N-dealkylation sites (tertiary alicyclic amines) is 1. The lowest BCUT2D eigenvalue weighted by Crippen LogP contribution is -2.17. The molecule has 0 atom stereocenters. The highest BCUT2D eigenvalue weighted by Crippen LogP contribution is 2.31. The van der Waals surface area contributed by atoms with Gasteiger partial charge >= 0.3 is 6.18 Å². The summed E-state index contributed by atoms with van der Waals surface area (Å²) >= 11 is 1.60. The van der Waals surface area contributed by atoms with E-state index in [0.29, 0.717) is 0 Å². The minimum Gasteiger partial charge on any atom is -0.294 e. The quantitative estimate of drug-likeness (QED) is 0.760. The van der Waals surface area contributed by atoms with Gasteiger partial charge in [-0.3, -0.25) is 4.90 Å². The maximum Gasteiger partial charge on any atom is 0.416 e. The number of halogens is 3. The molecule has 1 aromatic carbocycles. The molecule has 1 fully saturated rings. The van der Waals surface area contributed by atoms with E-state index in [4.69, 9.17) is 0 Å². The van der Waals surface area contributed by atoms with Gasteiger partial charge in [0.15, 0.2) is 0 Å². The summed E-state index contributed by atoms with van der Waals surface area (Å²) in [4.78, 5) is 3.22. The van der Waals surface area contributed by atoms with Gasteiger partial charge in [0.1, 0.15) is 0 Å². The first-order chi connectivity index (χ1) is 8.05. The van der Waals surface area contributed by atoms with E-state index >= 15 is 0 Å². The lowest BCUT2D eigenvalue weighted by Gasteiger charge is -2.14. The Labute approximate surface area is 103 Å². The molecule has 1 nitrogen and oxygen atoms in total. The van der Waals surface area contributed by atoms with Crippen LogP contribution in [-0.4, -0.2) is 23.9 Å². The third-order valence-electron chi connectivity index (χ3n) is 2.79. The van der Waals surface area contributed by atoms with Crippen LogP contribution in [0.1, 0.15) is 18.4 Å². The second kappa shape index (κ2) is 5.31. The Morgan fingerprint density at radius 2 is 1.65 bits per heavy atom. The summed E-state index contributed by atoms with van der Waals surface area (Å²) in [5, 5.41) is 0. The average molecular weight is 261 g/mol. The van der Waals surface area contributed by atoms with Crippen LogP contribution in [0.25, 0.3) is 0 Å². The van der Waals surface area contributed by atoms with E-state index in [0.717, 1.165) is 36.0 Å². The van der Waals surface area contributed by atoms with Crippen molar-refractivity contribution in [2.75, 3.05) is 19.0 Å². The van der Waals surface area contributed by atoms with Gasteiger partial charge in [-0.05, 0) is 50.2 Å². The fraction of sp³-hybridized carbons (Fsp3) is 0.500. The second-order valence-electron chi connectivity index (χ2n) is 4.12. The number of hydrogen-bond donors (Lipinski definition) is 0. The molecule has 0 aliphatic carbocycles. The van der Waals surface area contributed by atoms with Gasteiger partial charge in [0.2, 0.25) is 0 Å². The number of alkyl halides is 3. The molecule has 0 spiro atoms. The smallest absolute Gasteiger partial charge is 0.294 e. The molecule has 1 aromatic rings. The lowest BCUT2D eigenvalue weighted by atomic mass is 10.2. The van der Waals surface area contributed by atoms with Crippen molar-refractivity contribution in [2.24, 2.45) is 0 Å². The summed E-state index contributed by atoms with van der Waals surface area (Å²) in [5.74, 6) is 0.866. The first-order valence-corrected chi connectivity index (χ1v) is 6.57. The molecule has 0 unspecified atom stereocenters. The molecule has 0 aromatic heterocycles. The summed E-state index contributed by atoms with van der Waals surface area (Å²) < 4.78 is 37.0. The SMILES string of the molecule is FC(F)(F)c1ccc(SCN2CCCC2)cc1. The topological polar surface area (TPSA) is 3.24 Å². The summed E-state index contributed by atoms with van der Waals surface area (Å²) in [6, 6.07) is 5.38. The molecule has 94 valence electrons. The van der Waals surface area contributed by atoms with Crippen molar-refractivity contribution in [3.63, 3.8) is 0 Å². The van der Waals surface area contributed by atoms with Gasteiger partial charge in [0.25, 0.3) is 0 Å². The largest absolute Gasteiger partial charge is 0.416 e. The van der Waals surface area contributed by atoms with Gasteiger partial charge in [0, 0.05) is 10.8 Å². The monoisotopic (exact) mass is 261 g/mol. The summed E-state index contributed by atoms with van der Waals surface area (Å²) in [6.07, 6.45) is -1.78. The van der Waals surface area contributed by atoms with E-state index < -0.39 is 11.7 Å². The van der Waals surface area contributed by atoms with E-state index in [-0.39, 0.29) is 0 Å². The van der Waals surface area contributed by atoms with E-state index in [1.807, 2.05) is 0 Å². The normalized spacial score (nSPS) is 17.6. The minimum absolute atomic E-state index is 0.581. The van der Waals surface area contributed by atoms with Crippen LogP contribution in [0.3, 0.4) is 0 Å². The van der Waals surface area contributed by atoms with E-state index in [9.17, 15) is 13.2 Å². The van der Waals surface area contributed by atoms with Crippen LogP contribution < -0.4 is 0 Å². The molecule has 1 saturated heterocycles. The molecule has 0 amide bonds. The Bertz CT molecular complexity index is 355. The molecular formula is C12H14F3NS. The molecule has 0 N–H and O–H groups in total. The van der Waals surface area contributed by atoms with Crippen LogP contribution in [0.5, 0.6) is 0 Å². The highest BCUT2D eigenvalue weighted by molar-refractivity contribution is 7.99. The maximum absolute atomic E-state index is 12.3. The van der Waals surface area contributed by atoms with Gasteiger partial charge in [-0.1, -0.05) is 0 Å². The first-order valence-electron chi connectivity index (χ1n) is 5.58. The summed E-state index contributed by atoms with van der Waals surface area (Å²) in [7, 11) is 0. The zero-order chi connectivity index (χ0) is 12.3. The minimum atomic E-state index is -4.24. The zero-order valence-electron chi connectivity index (χ0n) is 9.33.